The predicted octanol–water partition coefficient (Wildman–Crippen LogP) is 3.08. The van der Waals surface area contributed by atoms with Crippen LogP contribution in [0.1, 0.15) is 11.3 Å². The quantitative estimate of drug-likeness (QED) is 0.501. The Morgan fingerprint density at radius 2 is 1.78 bits per heavy atom. The van der Waals surface area contributed by atoms with Gasteiger partial charge in [0.15, 0.2) is 5.96 Å². The summed E-state index contributed by atoms with van der Waals surface area (Å²) >= 11 is 0. The second kappa shape index (κ2) is 7.49. The van der Waals surface area contributed by atoms with Crippen LogP contribution < -0.4 is 10.6 Å². The zero-order valence-electron chi connectivity index (χ0n) is 13.3. The molecule has 0 atom stereocenters. The third kappa shape index (κ3) is 4.13. The number of nitrogens with zero attached hydrogens (tertiary/aromatic N) is 1. The third-order valence-corrected chi connectivity index (χ3v) is 3.80. The van der Waals surface area contributed by atoms with Crippen LogP contribution >= 0.6 is 0 Å². The first-order valence-corrected chi connectivity index (χ1v) is 7.90. The molecule has 0 radical (unpaired) electrons. The Bertz CT molecular complexity index is 741. The first kappa shape index (κ1) is 15.2. The molecule has 0 aliphatic rings. The highest BCUT2D eigenvalue weighted by Crippen LogP contribution is 2.14. The van der Waals surface area contributed by atoms with Crippen LogP contribution in [0.15, 0.2) is 65.7 Å². The highest BCUT2D eigenvalue weighted by molar-refractivity contribution is 5.81. The van der Waals surface area contributed by atoms with Gasteiger partial charge in [-0.05, 0) is 29.5 Å². The molecule has 0 amide bonds. The minimum Gasteiger partial charge on any atom is -0.357 e. The van der Waals surface area contributed by atoms with Crippen LogP contribution in [-0.2, 0) is 13.0 Å². The minimum absolute atomic E-state index is 0.722. The SMILES string of the molecule is CN=C(NCCc1ccccc1)NCc1cc2ccccc2[nH]1. The van der Waals surface area contributed by atoms with Gasteiger partial charge in [-0.3, -0.25) is 4.99 Å². The summed E-state index contributed by atoms with van der Waals surface area (Å²) < 4.78 is 0. The molecule has 3 rings (SSSR count). The fraction of sp³-hybridized carbons (Fsp3) is 0.211. The Labute approximate surface area is 136 Å². The van der Waals surface area contributed by atoms with E-state index in [0.29, 0.717) is 0 Å². The number of hydrogen-bond acceptors (Lipinski definition) is 1. The summed E-state index contributed by atoms with van der Waals surface area (Å²) in [5, 5.41) is 7.92. The van der Waals surface area contributed by atoms with Gasteiger partial charge < -0.3 is 15.6 Å². The van der Waals surface area contributed by atoms with Crippen LogP contribution in [0.4, 0.5) is 0 Å². The number of fused-ring (bicyclic) bond motifs is 1. The van der Waals surface area contributed by atoms with Gasteiger partial charge in [-0.2, -0.15) is 0 Å². The summed E-state index contributed by atoms with van der Waals surface area (Å²) in [5.74, 6) is 0.819. The Morgan fingerprint density at radius 1 is 1.00 bits per heavy atom. The Balaban J connectivity index is 1.49. The molecule has 1 aromatic heterocycles. The third-order valence-electron chi connectivity index (χ3n) is 3.80. The van der Waals surface area contributed by atoms with E-state index in [9.17, 15) is 0 Å². The van der Waals surface area contributed by atoms with Gasteiger partial charge >= 0.3 is 0 Å². The molecule has 1 heterocycles. The van der Waals surface area contributed by atoms with Gasteiger partial charge in [-0.15, -0.1) is 0 Å². The number of guanidine groups is 1. The van der Waals surface area contributed by atoms with E-state index in [4.69, 9.17) is 0 Å². The van der Waals surface area contributed by atoms with Crippen molar-refractivity contribution >= 4 is 16.9 Å². The molecular formula is C19H22N4. The molecule has 0 spiro atoms. The van der Waals surface area contributed by atoms with Gasteiger partial charge in [-0.1, -0.05) is 48.5 Å². The van der Waals surface area contributed by atoms with Gasteiger partial charge in [0.05, 0.1) is 6.54 Å². The number of nitrogens with one attached hydrogen (secondary N) is 3. The summed E-state index contributed by atoms with van der Waals surface area (Å²) in [6.07, 6.45) is 0.980. The summed E-state index contributed by atoms with van der Waals surface area (Å²) in [6, 6.07) is 20.9. The molecule has 0 fully saturated rings. The van der Waals surface area contributed by atoms with Crippen molar-refractivity contribution in [2.45, 2.75) is 13.0 Å². The molecule has 4 nitrogen and oxygen atoms in total. The molecule has 2 aromatic carbocycles. The highest BCUT2D eigenvalue weighted by Gasteiger charge is 2.02. The van der Waals surface area contributed by atoms with E-state index in [1.807, 2.05) is 12.1 Å². The van der Waals surface area contributed by atoms with E-state index >= 15 is 0 Å². The van der Waals surface area contributed by atoms with Crippen molar-refractivity contribution in [2.75, 3.05) is 13.6 Å². The zero-order chi connectivity index (χ0) is 15.9. The number of aliphatic imine (C=N–C) groups is 1. The topological polar surface area (TPSA) is 52.2 Å². The van der Waals surface area contributed by atoms with E-state index in [0.717, 1.165) is 36.7 Å². The van der Waals surface area contributed by atoms with Crippen molar-refractivity contribution < 1.29 is 0 Å². The standard InChI is InChI=1S/C19H22N4/c1-20-19(21-12-11-15-7-3-2-4-8-15)22-14-17-13-16-9-5-6-10-18(16)23-17/h2-10,13,23H,11-12,14H2,1H3,(H2,20,21,22). The monoisotopic (exact) mass is 306 g/mol. The summed E-state index contributed by atoms with van der Waals surface area (Å²) in [6.45, 7) is 1.58. The van der Waals surface area contributed by atoms with Crippen LogP contribution in [0.25, 0.3) is 10.9 Å². The van der Waals surface area contributed by atoms with E-state index in [1.54, 1.807) is 7.05 Å². The van der Waals surface area contributed by atoms with Crippen molar-refractivity contribution in [3.8, 4) is 0 Å². The van der Waals surface area contributed by atoms with Crippen molar-refractivity contribution in [1.82, 2.24) is 15.6 Å². The fourth-order valence-electron chi connectivity index (χ4n) is 2.60. The summed E-state index contributed by atoms with van der Waals surface area (Å²) in [5.41, 5.74) is 3.64. The number of aromatic amines is 1. The average molecular weight is 306 g/mol. The lowest BCUT2D eigenvalue weighted by Gasteiger charge is -2.11. The smallest absolute Gasteiger partial charge is 0.191 e. The zero-order valence-corrected chi connectivity index (χ0v) is 13.3. The Kier molecular flexibility index (Phi) is 4.94. The van der Waals surface area contributed by atoms with E-state index in [-0.39, 0.29) is 0 Å². The molecule has 0 aliphatic heterocycles. The second-order valence-electron chi connectivity index (χ2n) is 5.47. The number of hydrogen-bond donors (Lipinski definition) is 3. The van der Waals surface area contributed by atoms with Crippen LogP contribution in [0.3, 0.4) is 0 Å². The maximum absolute atomic E-state index is 4.27. The molecule has 0 bridgehead atoms. The van der Waals surface area contributed by atoms with Crippen LogP contribution in [0.2, 0.25) is 0 Å². The minimum atomic E-state index is 0.722. The molecular weight excluding hydrogens is 284 g/mol. The Morgan fingerprint density at radius 3 is 2.57 bits per heavy atom. The van der Waals surface area contributed by atoms with Gasteiger partial charge in [0.2, 0.25) is 0 Å². The van der Waals surface area contributed by atoms with Crippen molar-refractivity contribution in [3.63, 3.8) is 0 Å². The van der Waals surface area contributed by atoms with E-state index in [1.165, 1.54) is 10.9 Å². The number of H-pyrrole nitrogens is 1. The summed E-state index contributed by atoms with van der Waals surface area (Å²) in [4.78, 5) is 7.68. The Hall–Kier alpha value is -2.75. The molecule has 0 unspecified atom stereocenters. The molecule has 23 heavy (non-hydrogen) atoms. The van der Waals surface area contributed by atoms with Crippen LogP contribution in [0.5, 0.6) is 0 Å². The lowest BCUT2D eigenvalue weighted by Crippen LogP contribution is -2.37. The molecule has 0 saturated heterocycles. The number of rotatable bonds is 5. The molecule has 0 aliphatic carbocycles. The predicted molar refractivity (Wildman–Crippen MR) is 96.6 cm³/mol. The van der Waals surface area contributed by atoms with Crippen molar-refractivity contribution in [1.29, 1.82) is 0 Å². The lowest BCUT2D eigenvalue weighted by molar-refractivity contribution is 0.787. The van der Waals surface area contributed by atoms with Gasteiger partial charge in [-0.25, -0.2) is 0 Å². The van der Waals surface area contributed by atoms with Crippen LogP contribution in [-0.4, -0.2) is 24.5 Å². The molecule has 0 saturated carbocycles. The second-order valence-corrected chi connectivity index (χ2v) is 5.47. The van der Waals surface area contributed by atoms with E-state index in [2.05, 4.69) is 69.1 Å². The first-order chi connectivity index (χ1) is 11.3. The van der Waals surface area contributed by atoms with Crippen molar-refractivity contribution in [2.24, 2.45) is 4.99 Å². The van der Waals surface area contributed by atoms with Gasteiger partial charge in [0.25, 0.3) is 0 Å². The maximum atomic E-state index is 4.27. The van der Waals surface area contributed by atoms with Gasteiger partial charge in [0, 0.05) is 24.8 Å². The lowest BCUT2D eigenvalue weighted by atomic mass is 10.1. The molecule has 4 heteroatoms. The summed E-state index contributed by atoms with van der Waals surface area (Å²) in [7, 11) is 1.79. The van der Waals surface area contributed by atoms with Crippen molar-refractivity contribution in [3.05, 3.63) is 71.9 Å². The van der Waals surface area contributed by atoms with Gasteiger partial charge in [0.1, 0.15) is 0 Å². The number of benzene rings is 2. The molecule has 3 aromatic rings. The highest BCUT2D eigenvalue weighted by atomic mass is 15.2. The molecule has 3 N–H and O–H groups in total. The fourth-order valence-corrected chi connectivity index (χ4v) is 2.60. The van der Waals surface area contributed by atoms with E-state index < -0.39 is 0 Å². The maximum Gasteiger partial charge on any atom is 0.191 e. The first-order valence-electron chi connectivity index (χ1n) is 7.90. The number of aromatic nitrogens is 1. The normalized spacial score (nSPS) is 11.6. The molecule has 118 valence electrons. The van der Waals surface area contributed by atoms with Crippen LogP contribution in [0, 0.1) is 0 Å². The average Bonchev–Trinajstić information content (AvgIpc) is 3.01. The largest absolute Gasteiger partial charge is 0.357 e. The number of para-hydroxylation sites is 1.